The molecule has 2 unspecified atom stereocenters. The fourth-order valence-electron chi connectivity index (χ4n) is 4.43. The van der Waals surface area contributed by atoms with Crippen LogP contribution in [-0.4, -0.2) is 31.3 Å². The first-order valence-corrected chi connectivity index (χ1v) is 11.3. The van der Waals surface area contributed by atoms with Gasteiger partial charge in [-0.1, -0.05) is 46.6 Å². The van der Waals surface area contributed by atoms with E-state index >= 15 is 0 Å². The summed E-state index contributed by atoms with van der Waals surface area (Å²) >= 11 is 0. The molecule has 0 N–H and O–H groups in total. The van der Waals surface area contributed by atoms with Crippen LogP contribution in [0.25, 0.3) is 0 Å². The first-order valence-electron chi connectivity index (χ1n) is 9.85. The quantitative estimate of drug-likeness (QED) is 0.396. The van der Waals surface area contributed by atoms with Crippen LogP contribution < -0.4 is 9.47 Å². The standard InChI is InChI=1S/C22H34O4P/c1-16(14-21(2,3)4)15-27(24)22(12-7-8-13-22)20(23)19-17(25-5)10-9-11-18(19)26-6/h9-11,16H,7-8,12-15H2,1-6H3. The van der Waals surface area contributed by atoms with Gasteiger partial charge in [-0.2, -0.15) is 0 Å². The zero-order valence-electron chi connectivity index (χ0n) is 17.6. The van der Waals surface area contributed by atoms with Crippen LogP contribution in [0, 0.1) is 11.3 Å². The fourth-order valence-corrected chi connectivity index (χ4v) is 6.62. The molecule has 0 saturated heterocycles. The summed E-state index contributed by atoms with van der Waals surface area (Å²) in [4.78, 5) is 13.7. The van der Waals surface area contributed by atoms with Crippen molar-refractivity contribution in [2.24, 2.45) is 11.3 Å². The van der Waals surface area contributed by atoms with Gasteiger partial charge in [0.15, 0.2) is 5.78 Å². The van der Waals surface area contributed by atoms with Crippen LogP contribution in [0.1, 0.15) is 70.2 Å². The molecule has 1 fully saturated rings. The number of rotatable bonds is 8. The molecule has 0 spiro atoms. The lowest BCUT2D eigenvalue weighted by atomic mass is 9.86. The van der Waals surface area contributed by atoms with Crippen LogP contribution in [0.15, 0.2) is 18.2 Å². The van der Waals surface area contributed by atoms with Gasteiger partial charge in [0.1, 0.15) is 22.2 Å². The van der Waals surface area contributed by atoms with Crippen molar-refractivity contribution in [1.82, 2.24) is 0 Å². The van der Waals surface area contributed by atoms with E-state index in [0.717, 1.165) is 19.3 Å². The van der Waals surface area contributed by atoms with Gasteiger partial charge in [-0.05, 0) is 42.7 Å². The lowest BCUT2D eigenvalue weighted by Gasteiger charge is -2.30. The van der Waals surface area contributed by atoms with Crippen molar-refractivity contribution >= 4 is 13.6 Å². The van der Waals surface area contributed by atoms with E-state index in [1.54, 1.807) is 32.4 Å². The van der Waals surface area contributed by atoms with E-state index in [2.05, 4.69) is 27.7 Å². The number of Topliss-reactive ketones (excluding diaryl/α,β-unsaturated/α-hetero) is 1. The number of carbonyl (C=O) groups excluding carboxylic acids is 1. The molecule has 1 aliphatic carbocycles. The highest BCUT2D eigenvalue weighted by atomic mass is 31.1. The van der Waals surface area contributed by atoms with Crippen molar-refractivity contribution in [3.8, 4) is 11.5 Å². The summed E-state index contributed by atoms with van der Waals surface area (Å²) in [5.41, 5.74) is 0.630. The number of ether oxygens (including phenoxy) is 2. The molecule has 0 bridgehead atoms. The molecule has 2 rings (SSSR count). The van der Waals surface area contributed by atoms with Gasteiger partial charge in [0.25, 0.3) is 0 Å². The molecule has 27 heavy (non-hydrogen) atoms. The number of carbonyl (C=O) groups is 1. The first kappa shape index (κ1) is 21.9. The van der Waals surface area contributed by atoms with Crippen molar-refractivity contribution in [3.63, 3.8) is 0 Å². The van der Waals surface area contributed by atoms with Crippen molar-refractivity contribution in [2.75, 3.05) is 20.4 Å². The van der Waals surface area contributed by atoms with Gasteiger partial charge in [0, 0.05) is 6.16 Å². The van der Waals surface area contributed by atoms with Gasteiger partial charge in [0.2, 0.25) is 0 Å². The summed E-state index contributed by atoms with van der Waals surface area (Å²) in [7, 11) is 1.44. The Morgan fingerprint density at radius 3 is 2.11 bits per heavy atom. The molecule has 0 heterocycles. The third kappa shape index (κ3) is 4.90. The summed E-state index contributed by atoms with van der Waals surface area (Å²) in [6.45, 7) is 8.75. The monoisotopic (exact) mass is 393 g/mol. The molecule has 0 amide bonds. The molecule has 151 valence electrons. The van der Waals surface area contributed by atoms with Crippen molar-refractivity contribution < 1.29 is 18.8 Å². The maximum atomic E-state index is 13.7. The minimum atomic E-state index is -1.67. The second-order valence-electron chi connectivity index (χ2n) is 9.04. The van der Waals surface area contributed by atoms with Crippen molar-refractivity contribution in [3.05, 3.63) is 23.8 Å². The Morgan fingerprint density at radius 2 is 1.67 bits per heavy atom. The van der Waals surface area contributed by atoms with Gasteiger partial charge in [0.05, 0.1) is 22.0 Å². The summed E-state index contributed by atoms with van der Waals surface area (Å²) < 4.78 is 24.4. The zero-order chi connectivity index (χ0) is 20.2. The molecule has 0 aromatic heterocycles. The second kappa shape index (κ2) is 8.73. The van der Waals surface area contributed by atoms with Gasteiger partial charge < -0.3 is 9.47 Å². The van der Waals surface area contributed by atoms with E-state index in [1.807, 2.05) is 0 Å². The molecule has 2 atom stereocenters. The molecule has 1 radical (unpaired) electrons. The zero-order valence-corrected chi connectivity index (χ0v) is 18.5. The predicted octanol–water partition coefficient (Wildman–Crippen LogP) is 6.10. The Bertz CT molecular complexity index is 662. The fraction of sp³-hybridized carbons (Fsp3) is 0.682. The highest BCUT2D eigenvalue weighted by Gasteiger charge is 2.49. The number of hydrogen-bond acceptors (Lipinski definition) is 4. The first-order chi connectivity index (χ1) is 12.6. The summed E-state index contributed by atoms with van der Waals surface area (Å²) in [6, 6.07) is 5.35. The average molecular weight is 393 g/mol. The smallest absolute Gasteiger partial charge is 0.187 e. The third-order valence-corrected chi connectivity index (χ3v) is 7.98. The highest BCUT2D eigenvalue weighted by molar-refractivity contribution is 7.48. The van der Waals surface area contributed by atoms with Crippen molar-refractivity contribution in [1.29, 1.82) is 0 Å². The summed E-state index contributed by atoms with van der Waals surface area (Å²) in [5, 5.41) is -0.788. The van der Waals surface area contributed by atoms with Crippen LogP contribution in [0.3, 0.4) is 0 Å². The molecule has 1 aliphatic rings. The van der Waals surface area contributed by atoms with Crippen LogP contribution in [-0.2, 0) is 4.57 Å². The van der Waals surface area contributed by atoms with E-state index in [9.17, 15) is 9.36 Å². The Morgan fingerprint density at radius 1 is 1.15 bits per heavy atom. The minimum Gasteiger partial charge on any atom is -0.496 e. The summed E-state index contributed by atoms with van der Waals surface area (Å²) in [6.07, 6.45) is 4.84. The molecule has 1 aromatic rings. The topological polar surface area (TPSA) is 52.6 Å². The molecule has 0 aliphatic heterocycles. The van der Waals surface area contributed by atoms with Gasteiger partial charge in [-0.3, -0.25) is 9.36 Å². The van der Waals surface area contributed by atoms with E-state index in [1.165, 1.54) is 0 Å². The highest BCUT2D eigenvalue weighted by Crippen LogP contribution is 2.55. The van der Waals surface area contributed by atoms with Gasteiger partial charge in [-0.25, -0.2) is 0 Å². The Kier molecular flexibility index (Phi) is 7.08. The van der Waals surface area contributed by atoms with E-state index in [4.69, 9.17) is 9.47 Å². The molecule has 5 heteroatoms. The molecule has 1 saturated carbocycles. The van der Waals surface area contributed by atoms with Crippen LogP contribution in [0.5, 0.6) is 11.5 Å². The van der Waals surface area contributed by atoms with E-state index < -0.39 is 13.0 Å². The summed E-state index contributed by atoms with van der Waals surface area (Å²) in [5.74, 6) is 1.24. The number of methoxy groups -OCH3 is 2. The SMILES string of the molecule is COc1cccc(OC)c1C(=O)C1([P](=O)CC(C)CC(C)(C)C)CCCC1. The Balaban J connectivity index is 2.36. The number of hydrogen-bond donors (Lipinski definition) is 0. The molecule has 1 aromatic carbocycles. The van der Waals surface area contributed by atoms with Gasteiger partial charge >= 0.3 is 0 Å². The number of benzene rings is 1. The predicted molar refractivity (Wildman–Crippen MR) is 111 cm³/mol. The largest absolute Gasteiger partial charge is 0.496 e. The molecule has 4 nitrogen and oxygen atoms in total. The average Bonchev–Trinajstić information content (AvgIpc) is 3.09. The maximum absolute atomic E-state index is 13.7. The second-order valence-corrected chi connectivity index (χ2v) is 11.0. The van der Waals surface area contributed by atoms with Crippen LogP contribution >= 0.6 is 7.80 Å². The molecular formula is C22H34O4P. The lowest BCUT2D eigenvalue weighted by Crippen LogP contribution is -2.34. The Labute approximate surface area is 164 Å². The Hall–Kier alpha value is -1.41. The van der Waals surface area contributed by atoms with Gasteiger partial charge in [-0.15, -0.1) is 0 Å². The third-order valence-electron chi connectivity index (χ3n) is 5.42. The molecular weight excluding hydrogens is 359 g/mol. The van der Waals surface area contributed by atoms with E-state index in [-0.39, 0.29) is 11.2 Å². The number of ketones is 1. The van der Waals surface area contributed by atoms with Crippen LogP contribution in [0.4, 0.5) is 0 Å². The lowest BCUT2D eigenvalue weighted by molar-refractivity contribution is 0.0933. The minimum absolute atomic E-state index is 0.0710. The van der Waals surface area contributed by atoms with Crippen LogP contribution in [0.2, 0.25) is 0 Å². The van der Waals surface area contributed by atoms with Crippen molar-refractivity contribution in [2.45, 2.75) is 65.0 Å². The van der Waals surface area contributed by atoms with E-state index in [0.29, 0.717) is 42.0 Å². The normalized spacial score (nSPS) is 18.1. The maximum Gasteiger partial charge on any atom is 0.187 e.